The van der Waals surface area contributed by atoms with Crippen LogP contribution in [0, 0.1) is 0 Å². The van der Waals surface area contributed by atoms with E-state index in [4.69, 9.17) is 4.43 Å². The van der Waals surface area contributed by atoms with Gasteiger partial charge in [-0.1, -0.05) is 69.3 Å². The van der Waals surface area contributed by atoms with E-state index < -0.39 is 8.32 Å². The quantitative estimate of drug-likeness (QED) is 0.627. The molecule has 1 heterocycles. The first-order chi connectivity index (χ1) is 12.7. The third kappa shape index (κ3) is 4.07. The average Bonchev–Trinajstić information content (AvgIpc) is 2.88. The van der Waals surface area contributed by atoms with Crippen molar-refractivity contribution in [3.05, 3.63) is 71.3 Å². The maximum atomic E-state index is 13.0. The minimum atomic E-state index is -1.83. The van der Waals surface area contributed by atoms with Gasteiger partial charge >= 0.3 is 0 Å². The van der Waals surface area contributed by atoms with E-state index in [1.165, 1.54) is 0 Å². The Kier molecular flexibility index (Phi) is 5.40. The predicted molar refractivity (Wildman–Crippen MR) is 115 cm³/mol. The molecule has 0 N–H and O–H groups in total. The van der Waals surface area contributed by atoms with Crippen molar-refractivity contribution in [2.24, 2.45) is 0 Å². The highest BCUT2D eigenvalue weighted by molar-refractivity contribution is 6.74. The highest BCUT2D eigenvalue weighted by Gasteiger charge is 2.38. The molecule has 0 bridgehead atoms. The van der Waals surface area contributed by atoms with Gasteiger partial charge in [-0.25, -0.2) is 0 Å². The van der Waals surface area contributed by atoms with Crippen molar-refractivity contribution < 1.29 is 9.22 Å². The topological polar surface area (TPSA) is 29.5 Å². The second-order valence-corrected chi connectivity index (χ2v) is 13.4. The maximum absolute atomic E-state index is 13.0. The van der Waals surface area contributed by atoms with Gasteiger partial charge in [-0.2, -0.15) is 0 Å². The SMILES string of the molecule is CC(C)(C)[Si](C)(C)OCCN1C(=O)c2ccccc2/C1=C/c1ccccc1. The molecule has 142 valence electrons. The van der Waals surface area contributed by atoms with E-state index >= 15 is 0 Å². The van der Waals surface area contributed by atoms with E-state index in [1.807, 2.05) is 47.4 Å². The third-order valence-corrected chi connectivity index (χ3v) is 10.2. The maximum Gasteiger partial charge on any atom is 0.259 e. The van der Waals surface area contributed by atoms with Crippen LogP contribution in [0.25, 0.3) is 11.8 Å². The lowest BCUT2D eigenvalue weighted by atomic mass is 10.1. The molecule has 0 radical (unpaired) electrons. The smallest absolute Gasteiger partial charge is 0.259 e. The monoisotopic (exact) mass is 379 g/mol. The van der Waals surface area contributed by atoms with Crippen LogP contribution in [0.5, 0.6) is 0 Å². The molecule has 0 fully saturated rings. The summed E-state index contributed by atoms with van der Waals surface area (Å²) >= 11 is 0. The summed E-state index contributed by atoms with van der Waals surface area (Å²) in [7, 11) is -1.83. The molecule has 0 aromatic heterocycles. The van der Waals surface area contributed by atoms with Crippen molar-refractivity contribution in [2.45, 2.75) is 38.9 Å². The van der Waals surface area contributed by atoms with Gasteiger partial charge < -0.3 is 9.33 Å². The van der Waals surface area contributed by atoms with Gasteiger partial charge in [0.2, 0.25) is 0 Å². The van der Waals surface area contributed by atoms with E-state index in [2.05, 4.69) is 52.1 Å². The Labute approximate surface area is 163 Å². The van der Waals surface area contributed by atoms with Crippen molar-refractivity contribution >= 4 is 26.0 Å². The first-order valence-electron chi connectivity index (χ1n) is 9.53. The first-order valence-corrected chi connectivity index (χ1v) is 12.4. The number of amides is 1. The summed E-state index contributed by atoms with van der Waals surface area (Å²) < 4.78 is 6.32. The molecule has 2 aromatic carbocycles. The van der Waals surface area contributed by atoms with Gasteiger partial charge in [0, 0.05) is 17.7 Å². The molecule has 0 saturated carbocycles. The van der Waals surface area contributed by atoms with Gasteiger partial charge in [0.15, 0.2) is 8.32 Å². The number of carbonyl (C=O) groups excluding carboxylic acids is 1. The highest BCUT2D eigenvalue weighted by Crippen LogP contribution is 2.37. The van der Waals surface area contributed by atoms with Crippen LogP contribution >= 0.6 is 0 Å². The number of nitrogens with zero attached hydrogens (tertiary/aromatic N) is 1. The molecule has 1 amide bonds. The van der Waals surface area contributed by atoms with E-state index in [1.54, 1.807) is 0 Å². The number of hydrogen-bond donors (Lipinski definition) is 0. The standard InChI is InChI=1S/C23H29NO2Si/c1-23(2,3)27(4,5)26-16-15-24-21(17-18-11-7-6-8-12-18)19-13-9-10-14-20(19)22(24)25/h6-14,17H,15-16H2,1-5H3/b21-17-. The molecule has 0 saturated heterocycles. The second-order valence-electron chi connectivity index (χ2n) is 8.55. The molecule has 0 spiro atoms. The minimum absolute atomic E-state index is 0.0617. The van der Waals surface area contributed by atoms with Crippen molar-refractivity contribution in [1.29, 1.82) is 0 Å². The average molecular weight is 380 g/mol. The number of benzene rings is 2. The van der Waals surface area contributed by atoms with Crippen molar-refractivity contribution in [1.82, 2.24) is 4.90 Å². The zero-order valence-corrected chi connectivity index (χ0v) is 18.0. The molecule has 1 aliphatic heterocycles. The third-order valence-electron chi connectivity index (χ3n) is 5.66. The van der Waals surface area contributed by atoms with E-state index in [0.29, 0.717) is 13.2 Å². The van der Waals surface area contributed by atoms with E-state index in [9.17, 15) is 4.79 Å². The minimum Gasteiger partial charge on any atom is -0.415 e. The van der Waals surface area contributed by atoms with Crippen molar-refractivity contribution in [3.8, 4) is 0 Å². The van der Waals surface area contributed by atoms with Crippen LogP contribution in [0.15, 0.2) is 54.6 Å². The van der Waals surface area contributed by atoms with Crippen molar-refractivity contribution in [3.63, 3.8) is 0 Å². The lowest BCUT2D eigenvalue weighted by Crippen LogP contribution is -2.42. The summed E-state index contributed by atoms with van der Waals surface area (Å²) in [6.07, 6.45) is 2.09. The summed E-state index contributed by atoms with van der Waals surface area (Å²) in [5, 5.41) is 0.160. The molecule has 0 unspecified atom stereocenters. The summed E-state index contributed by atoms with van der Waals surface area (Å²) in [4.78, 5) is 14.9. The van der Waals surface area contributed by atoms with Gasteiger partial charge in [0.25, 0.3) is 5.91 Å². The van der Waals surface area contributed by atoms with Crippen LogP contribution in [0.1, 0.15) is 42.3 Å². The van der Waals surface area contributed by atoms with Gasteiger partial charge in [-0.15, -0.1) is 0 Å². The lowest BCUT2D eigenvalue weighted by Gasteiger charge is -2.36. The Hall–Kier alpha value is -2.17. The van der Waals surface area contributed by atoms with Crippen LogP contribution in [-0.4, -0.2) is 32.3 Å². The summed E-state index contributed by atoms with van der Waals surface area (Å²) in [6, 6.07) is 18.0. The fourth-order valence-electron chi connectivity index (χ4n) is 2.99. The molecule has 1 aliphatic rings. The number of fused-ring (bicyclic) bond motifs is 1. The summed E-state index contributed by atoms with van der Waals surface area (Å²) in [5.74, 6) is 0.0617. The Balaban J connectivity index is 1.85. The normalized spacial score (nSPS) is 16.1. The zero-order valence-electron chi connectivity index (χ0n) is 17.0. The number of rotatable bonds is 5. The van der Waals surface area contributed by atoms with Crippen LogP contribution in [0.2, 0.25) is 18.1 Å². The number of carbonyl (C=O) groups is 1. The number of hydrogen-bond acceptors (Lipinski definition) is 2. The molecule has 0 atom stereocenters. The van der Waals surface area contributed by atoms with Crippen LogP contribution in [-0.2, 0) is 4.43 Å². The molecule has 4 heteroatoms. The predicted octanol–water partition coefficient (Wildman–Crippen LogP) is 5.66. The summed E-state index contributed by atoms with van der Waals surface area (Å²) in [5.41, 5.74) is 3.82. The van der Waals surface area contributed by atoms with Crippen molar-refractivity contribution in [2.75, 3.05) is 13.2 Å². The van der Waals surface area contributed by atoms with Crippen LogP contribution < -0.4 is 0 Å². The Morgan fingerprint density at radius 1 is 0.963 bits per heavy atom. The van der Waals surface area contributed by atoms with Gasteiger partial charge in [0.1, 0.15) is 0 Å². The van der Waals surface area contributed by atoms with Gasteiger partial charge in [0.05, 0.1) is 12.3 Å². The Morgan fingerprint density at radius 3 is 2.19 bits per heavy atom. The molecule has 0 aliphatic carbocycles. The molecular formula is C23H29NO2Si. The molecule has 2 aromatic rings. The highest BCUT2D eigenvalue weighted by atomic mass is 28.4. The van der Waals surface area contributed by atoms with Gasteiger partial charge in [-0.05, 0) is 35.8 Å². The zero-order chi connectivity index (χ0) is 19.7. The fraction of sp³-hybridized carbons (Fsp3) is 0.348. The molecular weight excluding hydrogens is 350 g/mol. The first kappa shape index (κ1) is 19.6. The van der Waals surface area contributed by atoms with Crippen LogP contribution in [0.4, 0.5) is 0 Å². The largest absolute Gasteiger partial charge is 0.415 e. The summed E-state index contributed by atoms with van der Waals surface area (Å²) in [6.45, 7) is 12.3. The van der Waals surface area contributed by atoms with Crippen LogP contribution in [0.3, 0.4) is 0 Å². The molecule has 3 rings (SSSR count). The lowest BCUT2D eigenvalue weighted by molar-refractivity contribution is 0.0831. The molecule has 3 nitrogen and oxygen atoms in total. The fourth-order valence-corrected chi connectivity index (χ4v) is 4.02. The Bertz CT molecular complexity index is 850. The molecule has 27 heavy (non-hydrogen) atoms. The van der Waals surface area contributed by atoms with Gasteiger partial charge in [-0.3, -0.25) is 4.79 Å². The Morgan fingerprint density at radius 2 is 1.56 bits per heavy atom. The van der Waals surface area contributed by atoms with E-state index in [-0.39, 0.29) is 10.9 Å². The second kappa shape index (κ2) is 7.45. The van der Waals surface area contributed by atoms with E-state index in [0.717, 1.165) is 22.4 Å².